The summed E-state index contributed by atoms with van der Waals surface area (Å²) in [6, 6.07) is 4.54. The lowest BCUT2D eigenvalue weighted by atomic mass is 9.55. The highest BCUT2D eigenvalue weighted by Gasteiger charge is 2.50. The standard InChI is InChI=1S/C41H70O3/c1-8-9-10-11-12-13-14-15-16-17-18-19-20-27-37(42)44-36-26-23-25-33-24-21-22-28-41(33,36)31-32-29-34(39(2,3)4)38(43)35(30-32)40(5,6)7/h29-30,33,36,43H,8-28,31H2,1-7H3. The van der Waals surface area contributed by atoms with Crippen LogP contribution in [-0.4, -0.2) is 17.2 Å². The van der Waals surface area contributed by atoms with Crippen molar-refractivity contribution in [3.8, 4) is 5.75 Å². The van der Waals surface area contributed by atoms with Crippen LogP contribution in [0.1, 0.15) is 200 Å². The Balaban J connectivity index is 1.56. The van der Waals surface area contributed by atoms with E-state index in [9.17, 15) is 9.90 Å². The molecule has 252 valence electrons. The molecule has 0 aliphatic heterocycles. The van der Waals surface area contributed by atoms with Gasteiger partial charge in [-0.2, -0.15) is 0 Å². The lowest BCUT2D eigenvalue weighted by Crippen LogP contribution is -2.50. The normalized spacial score (nSPS) is 22.5. The first-order valence-electron chi connectivity index (χ1n) is 18.9. The van der Waals surface area contributed by atoms with Gasteiger partial charge >= 0.3 is 5.97 Å². The maximum absolute atomic E-state index is 13.2. The maximum Gasteiger partial charge on any atom is 0.306 e. The number of carbonyl (C=O) groups is 1. The molecule has 2 fully saturated rings. The molecule has 0 radical (unpaired) electrons. The van der Waals surface area contributed by atoms with E-state index in [2.05, 4.69) is 60.6 Å². The third kappa shape index (κ3) is 10.8. The number of unbranched alkanes of at least 4 members (excludes halogenated alkanes) is 12. The summed E-state index contributed by atoms with van der Waals surface area (Å²) in [5.41, 5.74) is 3.12. The first-order valence-corrected chi connectivity index (χ1v) is 18.9. The zero-order chi connectivity index (χ0) is 32.2. The number of carbonyl (C=O) groups excluding carboxylic acids is 1. The Morgan fingerprint density at radius 2 is 1.25 bits per heavy atom. The summed E-state index contributed by atoms with van der Waals surface area (Å²) in [6.45, 7) is 15.5. The Kier molecular flexibility index (Phi) is 14.6. The summed E-state index contributed by atoms with van der Waals surface area (Å²) in [4.78, 5) is 13.2. The number of hydrogen-bond donors (Lipinski definition) is 1. The number of rotatable bonds is 17. The van der Waals surface area contributed by atoms with Crippen molar-refractivity contribution in [2.75, 3.05) is 0 Å². The number of hydrogen-bond acceptors (Lipinski definition) is 3. The number of benzene rings is 1. The first kappa shape index (κ1) is 37.0. The summed E-state index contributed by atoms with van der Waals surface area (Å²) in [5, 5.41) is 11.3. The van der Waals surface area contributed by atoms with E-state index in [4.69, 9.17) is 4.74 Å². The van der Waals surface area contributed by atoms with Crippen LogP contribution in [0.4, 0.5) is 0 Å². The second-order valence-electron chi connectivity index (χ2n) is 16.8. The van der Waals surface area contributed by atoms with E-state index in [0.717, 1.165) is 43.2 Å². The Bertz CT molecular complexity index is 959. The van der Waals surface area contributed by atoms with Gasteiger partial charge in [-0.3, -0.25) is 4.79 Å². The summed E-state index contributed by atoms with van der Waals surface area (Å²) >= 11 is 0. The zero-order valence-electron chi connectivity index (χ0n) is 30.1. The average molecular weight is 611 g/mol. The van der Waals surface area contributed by atoms with Gasteiger partial charge in [-0.25, -0.2) is 0 Å². The molecule has 2 saturated carbocycles. The maximum atomic E-state index is 13.2. The van der Waals surface area contributed by atoms with Crippen LogP contribution in [0.3, 0.4) is 0 Å². The molecular formula is C41H70O3. The number of ether oxygens (including phenoxy) is 1. The largest absolute Gasteiger partial charge is 0.507 e. The molecule has 1 aromatic rings. The molecule has 3 heteroatoms. The van der Waals surface area contributed by atoms with Gasteiger partial charge in [0.15, 0.2) is 0 Å². The van der Waals surface area contributed by atoms with Crippen LogP contribution < -0.4 is 0 Å². The van der Waals surface area contributed by atoms with Crippen LogP contribution in [0.25, 0.3) is 0 Å². The predicted molar refractivity (Wildman–Crippen MR) is 188 cm³/mol. The average Bonchev–Trinajstić information content (AvgIpc) is 2.95. The smallest absolute Gasteiger partial charge is 0.306 e. The van der Waals surface area contributed by atoms with Gasteiger partial charge in [-0.1, -0.05) is 150 Å². The molecule has 1 N–H and O–H groups in total. The van der Waals surface area contributed by atoms with Crippen molar-refractivity contribution < 1.29 is 14.6 Å². The van der Waals surface area contributed by atoms with E-state index in [1.807, 2.05) is 0 Å². The Morgan fingerprint density at radius 1 is 0.750 bits per heavy atom. The van der Waals surface area contributed by atoms with E-state index in [1.54, 1.807) is 0 Å². The third-order valence-electron chi connectivity index (χ3n) is 11.0. The van der Waals surface area contributed by atoms with Crippen LogP contribution in [0, 0.1) is 11.3 Å². The van der Waals surface area contributed by atoms with E-state index in [0.29, 0.717) is 18.1 Å². The molecular weight excluding hydrogens is 540 g/mol. The highest BCUT2D eigenvalue weighted by atomic mass is 16.5. The van der Waals surface area contributed by atoms with Gasteiger partial charge in [0.05, 0.1) is 0 Å². The van der Waals surface area contributed by atoms with Crippen molar-refractivity contribution in [2.24, 2.45) is 11.3 Å². The predicted octanol–water partition coefficient (Wildman–Crippen LogP) is 12.3. The van der Waals surface area contributed by atoms with Crippen molar-refractivity contribution in [2.45, 2.75) is 207 Å². The molecule has 0 heterocycles. The Hall–Kier alpha value is -1.51. The molecule has 3 atom stereocenters. The summed E-state index contributed by atoms with van der Waals surface area (Å²) < 4.78 is 6.47. The lowest BCUT2D eigenvalue weighted by molar-refractivity contribution is -0.168. The zero-order valence-corrected chi connectivity index (χ0v) is 30.1. The molecule has 1 aromatic carbocycles. The Labute approximate surface area is 272 Å². The van der Waals surface area contributed by atoms with Gasteiger partial charge < -0.3 is 9.84 Å². The van der Waals surface area contributed by atoms with Gasteiger partial charge in [0, 0.05) is 11.8 Å². The molecule has 0 spiro atoms. The highest BCUT2D eigenvalue weighted by Crippen LogP contribution is 2.54. The van der Waals surface area contributed by atoms with Crippen LogP contribution in [0.15, 0.2) is 12.1 Å². The fourth-order valence-electron chi connectivity index (χ4n) is 8.38. The minimum absolute atomic E-state index is 0.0148. The van der Waals surface area contributed by atoms with Crippen molar-refractivity contribution in [1.82, 2.24) is 0 Å². The molecule has 0 aromatic heterocycles. The topological polar surface area (TPSA) is 46.5 Å². The molecule has 0 bridgehead atoms. The van der Waals surface area contributed by atoms with Gasteiger partial charge in [-0.15, -0.1) is 0 Å². The van der Waals surface area contributed by atoms with Crippen LogP contribution in [-0.2, 0) is 26.8 Å². The summed E-state index contributed by atoms with van der Waals surface area (Å²) in [7, 11) is 0. The van der Waals surface area contributed by atoms with E-state index in [1.165, 1.54) is 108 Å². The van der Waals surface area contributed by atoms with Crippen molar-refractivity contribution in [1.29, 1.82) is 0 Å². The second-order valence-corrected chi connectivity index (χ2v) is 16.8. The van der Waals surface area contributed by atoms with Crippen molar-refractivity contribution >= 4 is 5.97 Å². The van der Waals surface area contributed by atoms with Crippen molar-refractivity contribution in [3.05, 3.63) is 28.8 Å². The van der Waals surface area contributed by atoms with Crippen LogP contribution in [0.5, 0.6) is 5.75 Å². The SMILES string of the molecule is CCCCCCCCCCCCCCCC(=O)OC1CCCC2CCCCC21Cc1cc(C(C)(C)C)c(O)c(C(C)(C)C)c1. The third-order valence-corrected chi connectivity index (χ3v) is 11.0. The molecule has 44 heavy (non-hydrogen) atoms. The molecule has 2 aliphatic rings. The Morgan fingerprint density at radius 3 is 1.77 bits per heavy atom. The molecule has 2 aliphatic carbocycles. The highest BCUT2D eigenvalue weighted by molar-refractivity contribution is 5.69. The fraction of sp³-hybridized carbons (Fsp3) is 0.829. The number of phenols is 1. The van der Waals surface area contributed by atoms with Gasteiger partial charge in [0.25, 0.3) is 0 Å². The quantitative estimate of drug-likeness (QED) is 0.141. The summed E-state index contributed by atoms with van der Waals surface area (Å²) in [5.74, 6) is 1.10. The van der Waals surface area contributed by atoms with Gasteiger partial charge in [-0.05, 0) is 78.4 Å². The second kappa shape index (κ2) is 17.4. The van der Waals surface area contributed by atoms with E-state index >= 15 is 0 Å². The minimum atomic E-state index is -0.143. The minimum Gasteiger partial charge on any atom is -0.507 e. The molecule has 3 rings (SSSR count). The number of phenolic OH excluding ortho intramolecular Hbond substituents is 1. The van der Waals surface area contributed by atoms with Crippen LogP contribution >= 0.6 is 0 Å². The first-order chi connectivity index (χ1) is 20.9. The molecule has 0 amide bonds. The number of aromatic hydroxyl groups is 1. The molecule has 0 saturated heterocycles. The molecule has 3 unspecified atom stereocenters. The fourth-order valence-corrected chi connectivity index (χ4v) is 8.38. The lowest BCUT2D eigenvalue weighted by Gasteiger charge is -2.52. The van der Waals surface area contributed by atoms with E-state index in [-0.39, 0.29) is 28.3 Å². The number of fused-ring (bicyclic) bond motifs is 1. The monoisotopic (exact) mass is 611 g/mol. The van der Waals surface area contributed by atoms with Crippen molar-refractivity contribution in [3.63, 3.8) is 0 Å². The van der Waals surface area contributed by atoms with E-state index < -0.39 is 0 Å². The van der Waals surface area contributed by atoms with Gasteiger partial charge in [0.1, 0.15) is 11.9 Å². The van der Waals surface area contributed by atoms with Gasteiger partial charge in [0.2, 0.25) is 0 Å². The number of esters is 1. The summed E-state index contributed by atoms with van der Waals surface area (Å²) in [6.07, 6.45) is 27.0. The molecule has 3 nitrogen and oxygen atoms in total. The van der Waals surface area contributed by atoms with Crippen LogP contribution in [0.2, 0.25) is 0 Å².